The average Bonchev–Trinajstić information content (AvgIpc) is 3.02. The van der Waals surface area contributed by atoms with Crippen molar-refractivity contribution in [3.8, 4) is 0 Å². The normalized spacial score (nSPS) is 20.4. The Balaban J connectivity index is 2.94. The van der Waals surface area contributed by atoms with Gasteiger partial charge in [-0.05, 0) is 29.1 Å². The largest absolute Gasteiger partial charge is 0.390 e. The monoisotopic (exact) mass is 427 g/mol. The molecule has 0 radical (unpaired) electrons. The highest BCUT2D eigenvalue weighted by atomic mass is 31.0. The van der Waals surface area contributed by atoms with Crippen LogP contribution in [0.3, 0.4) is 0 Å². The number of aliphatic hydroxyl groups is 1. The van der Waals surface area contributed by atoms with Crippen LogP contribution < -0.4 is 5.32 Å². The highest BCUT2D eigenvalue weighted by molar-refractivity contribution is 7.17. The summed E-state index contributed by atoms with van der Waals surface area (Å²) in [7, 11) is 2.43. The summed E-state index contributed by atoms with van der Waals surface area (Å²) in [5.41, 5.74) is -1.23. The molecule has 29 heavy (non-hydrogen) atoms. The lowest BCUT2D eigenvalue weighted by Gasteiger charge is -2.47. The second-order valence-electron chi connectivity index (χ2n) is 9.96. The molecule has 4 unspecified atom stereocenters. The fourth-order valence-electron chi connectivity index (χ4n) is 3.28. The van der Waals surface area contributed by atoms with Crippen molar-refractivity contribution in [1.82, 2.24) is 5.32 Å². The molecular weight excluding hydrogens is 389 g/mol. The van der Waals surface area contributed by atoms with Crippen molar-refractivity contribution in [2.45, 2.75) is 86.0 Å². The summed E-state index contributed by atoms with van der Waals surface area (Å²) in [4.78, 5) is 36.4. The van der Waals surface area contributed by atoms with Gasteiger partial charge in [-0.25, -0.2) is 4.79 Å². The van der Waals surface area contributed by atoms with Gasteiger partial charge in [-0.2, -0.15) is 0 Å². The van der Waals surface area contributed by atoms with E-state index in [1.165, 1.54) is 6.08 Å². The van der Waals surface area contributed by atoms with Gasteiger partial charge in [-0.1, -0.05) is 61.0 Å². The lowest BCUT2D eigenvalue weighted by atomic mass is 9.60. The molecule has 0 saturated carbocycles. The van der Waals surface area contributed by atoms with E-state index in [-0.39, 0.29) is 17.4 Å². The lowest BCUT2D eigenvalue weighted by molar-refractivity contribution is -0.164. The van der Waals surface area contributed by atoms with Crippen LogP contribution in [0.1, 0.15) is 74.1 Å². The van der Waals surface area contributed by atoms with E-state index in [4.69, 9.17) is 4.74 Å². The molecule has 1 rings (SSSR count). The molecule has 0 aromatic carbocycles. The van der Waals surface area contributed by atoms with Crippen molar-refractivity contribution >= 4 is 27.1 Å². The summed E-state index contributed by atoms with van der Waals surface area (Å²) in [6.45, 7) is 14.0. The first kappa shape index (κ1) is 25.8. The van der Waals surface area contributed by atoms with Gasteiger partial charge in [-0.3, -0.25) is 9.59 Å². The van der Waals surface area contributed by atoms with Crippen molar-refractivity contribution < 1.29 is 24.2 Å². The molecule has 1 aliphatic heterocycles. The average molecular weight is 428 g/mol. The molecule has 7 heteroatoms. The van der Waals surface area contributed by atoms with E-state index < -0.39 is 34.5 Å². The molecule has 0 spiro atoms. The van der Waals surface area contributed by atoms with Crippen LogP contribution in [0.4, 0.5) is 0 Å². The fraction of sp³-hybridized carbons (Fsp3) is 0.773. The molecule has 1 aliphatic rings. The van der Waals surface area contributed by atoms with Crippen LogP contribution in [-0.4, -0.2) is 34.8 Å². The smallest absolute Gasteiger partial charge is 0.338 e. The molecule has 1 fully saturated rings. The van der Waals surface area contributed by atoms with E-state index in [1.807, 2.05) is 48.5 Å². The Morgan fingerprint density at radius 1 is 1.28 bits per heavy atom. The van der Waals surface area contributed by atoms with Crippen molar-refractivity contribution in [1.29, 1.82) is 0 Å². The van der Waals surface area contributed by atoms with E-state index in [0.717, 1.165) is 6.42 Å². The lowest BCUT2D eigenvalue weighted by Crippen LogP contribution is -2.45. The van der Waals surface area contributed by atoms with Gasteiger partial charge in [0.05, 0.1) is 11.8 Å². The Hall–Kier alpha value is -1.26. The molecular formula is C22H38NO5P. The summed E-state index contributed by atoms with van der Waals surface area (Å²) < 4.78 is 5.16. The minimum Gasteiger partial charge on any atom is -0.390 e. The second-order valence-corrected chi connectivity index (χ2v) is 10.6. The van der Waals surface area contributed by atoms with Crippen LogP contribution in [0.15, 0.2) is 12.2 Å². The third kappa shape index (κ3) is 6.62. The van der Waals surface area contributed by atoms with Crippen LogP contribution >= 0.6 is 9.24 Å². The number of carbonyl (C=O) groups is 3. The number of aliphatic hydroxyl groups excluding tert-OH is 1. The Morgan fingerprint density at radius 2 is 1.86 bits per heavy atom. The predicted molar refractivity (Wildman–Crippen MR) is 117 cm³/mol. The number of rotatable bonds is 9. The molecule has 6 nitrogen and oxygen atoms in total. The summed E-state index contributed by atoms with van der Waals surface area (Å²) in [6.07, 6.45) is 5.06. The van der Waals surface area contributed by atoms with Crippen molar-refractivity contribution in [2.75, 3.05) is 0 Å². The summed E-state index contributed by atoms with van der Waals surface area (Å²) in [5.74, 6) is -2.46. The zero-order valence-electron chi connectivity index (χ0n) is 18.9. The van der Waals surface area contributed by atoms with Crippen molar-refractivity contribution in [3.05, 3.63) is 12.2 Å². The van der Waals surface area contributed by atoms with Crippen molar-refractivity contribution in [2.24, 2.45) is 22.2 Å². The molecule has 0 bridgehead atoms. The third-order valence-corrected chi connectivity index (χ3v) is 7.87. The SMILES string of the molecule is CCC(C)(C)C(CC(C)(C)C(C)(C)C(O)P)C(=O)OC(=O)/C=C/C1CCC(=O)N1. The molecule has 1 heterocycles. The van der Waals surface area contributed by atoms with Gasteiger partial charge in [0, 0.05) is 18.5 Å². The second kappa shape index (κ2) is 9.70. The van der Waals surface area contributed by atoms with Crippen LogP contribution in [-0.2, 0) is 19.1 Å². The van der Waals surface area contributed by atoms with Gasteiger partial charge in [0.1, 0.15) is 0 Å². The first-order chi connectivity index (χ1) is 13.1. The Kier molecular flexibility index (Phi) is 8.62. The Bertz CT molecular complexity index is 652. The van der Waals surface area contributed by atoms with E-state index in [0.29, 0.717) is 19.3 Å². The van der Waals surface area contributed by atoms with Gasteiger partial charge in [0.2, 0.25) is 5.91 Å². The molecule has 4 atom stereocenters. The van der Waals surface area contributed by atoms with Crippen LogP contribution in [0, 0.1) is 22.2 Å². The Labute approximate surface area is 177 Å². The quantitative estimate of drug-likeness (QED) is 0.254. The number of carbonyl (C=O) groups excluding carboxylic acids is 3. The number of ether oxygens (including phenoxy) is 1. The van der Waals surface area contributed by atoms with Crippen LogP contribution in [0.25, 0.3) is 0 Å². The fourth-order valence-corrected chi connectivity index (χ4v) is 3.73. The topological polar surface area (TPSA) is 92.7 Å². The predicted octanol–water partition coefficient (Wildman–Crippen LogP) is 3.58. The molecule has 1 amide bonds. The third-order valence-electron chi connectivity index (χ3n) is 7.03. The first-order valence-electron chi connectivity index (χ1n) is 10.3. The van der Waals surface area contributed by atoms with Gasteiger partial charge in [0.25, 0.3) is 0 Å². The van der Waals surface area contributed by atoms with Gasteiger partial charge < -0.3 is 15.2 Å². The number of hydrogen-bond acceptors (Lipinski definition) is 5. The number of esters is 2. The summed E-state index contributed by atoms with van der Waals surface area (Å²) in [5, 5.41) is 13.0. The van der Waals surface area contributed by atoms with E-state index in [2.05, 4.69) is 14.6 Å². The maximum atomic E-state index is 13.0. The number of amides is 1. The van der Waals surface area contributed by atoms with E-state index >= 15 is 0 Å². The molecule has 2 N–H and O–H groups in total. The van der Waals surface area contributed by atoms with Gasteiger partial charge >= 0.3 is 11.9 Å². The van der Waals surface area contributed by atoms with Gasteiger partial charge in [0.15, 0.2) is 0 Å². The highest BCUT2D eigenvalue weighted by Gasteiger charge is 2.47. The number of hydrogen-bond donors (Lipinski definition) is 2. The first-order valence-corrected chi connectivity index (χ1v) is 11.0. The number of nitrogens with one attached hydrogen (secondary N) is 1. The standard InChI is InChI=1S/C22H38NO5P/c1-8-20(2,3)15(13-21(4,5)22(6,7)19(27)29)18(26)28-17(25)12-10-14-9-11-16(24)23-14/h10,12,14-15,19,27H,8-9,11,13,29H2,1-7H3,(H,23,24)/b12-10+. The maximum absolute atomic E-state index is 13.0. The zero-order valence-corrected chi connectivity index (χ0v) is 20.0. The van der Waals surface area contributed by atoms with E-state index in [9.17, 15) is 19.5 Å². The van der Waals surface area contributed by atoms with Gasteiger partial charge in [-0.15, -0.1) is 9.24 Å². The van der Waals surface area contributed by atoms with Crippen LogP contribution in [0.5, 0.6) is 0 Å². The summed E-state index contributed by atoms with van der Waals surface area (Å²) in [6, 6.07) is -0.198. The molecule has 166 valence electrons. The zero-order chi connectivity index (χ0) is 22.6. The van der Waals surface area contributed by atoms with Crippen LogP contribution in [0.2, 0.25) is 0 Å². The molecule has 0 aromatic heterocycles. The van der Waals surface area contributed by atoms with Crippen molar-refractivity contribution in [3.63, 3.8) is 0 Å². The minimum atomic E-state index is -0.726. The minimum absolute atomic E-state index is 0.0463. The molecule has 0 aromatic rings. The van der Waals surface area contributed by atoms with E-state index in [1.54, 1.807) is 6.08 Å². The molecule has 1 saturated heterocycles. The maximum Gasteiger partial charge on any atom is 0.338 e. The molecule has 0 aliphatic carbocycles. The summed E-state index contributed by atoms with van der Waals surface area (Å²) >= 11 is 0. The highest BCUT2D eigenvalue weighted by Crippen LogP contribution is 2.50. The Morgan fingerprint density at radius 3 is 2.31 bits per heavy atom.